The lowest BCUT2D eigenvalue weighted by Crippen LogP contribution is -2.25. The van der Waals surface area contributed by atoms with Crippen LogP contribution in [-0.4, -0.2) is 52.9 Å². The minimum atomic E-state index is -1.25. The van der Waals surface area contributed by atoms with Gasteiger partial charge in [0.25, 0.3) is 11.5 Å². The van der Waals surface area contributed by atoms with E-state index >= 15 is 0 Å². The van der Waals surface area contributed by atoms with Gasteiger partial charge in [-0.1, -0.05) is 0 Å². The Labute approximate surface area is 131 Å². The summed E-state index contributed by atoms with van der Waals surface area (Å²) < 4.78 is 6.08. The number of carboxylic acids is 1. The van der Waals surface area contributed by atoms with Gasteiger partial charge >= 0.3 is 5.97 Å². The molecule has 8 heteroatoms. The van der Waals surface area contributed by atoms with Crippen molar-refractivity contribution in [2.45, 2.75) is 0 Å². The number of carbonyl (C=O) groups excluding carboxylic acids is 1. The van der Waals surface area contributed by atoms with Gasteiger partial charge in [0.1, 0.15) is 5.75 Å². The van der Waals surface area contributed by atoms with Crippen molar-refractivity contribution in [3.8, 4) is 11.4 Å². The van der Waals surface area contributed by atoms with Crippen LogP contribution in [0.4, 0.5) is 0 Å². The minimum absolute atomic E-state index is 0.240. The highest BCUT2D eigenvalue weighted by atomic mass is 16.5. The van der Waals surface area contributed by atoms with Crippen molar-refractivity contribution < 1.29 is 19.4 Å². The molecule has 2 rings (SSSR count). The maximum absolute atomic E-state index is 12.2. The number of amides is 1. The summed E-state index contributed by atoms with van der Waals surface area (Å²) in [5.41, 5.74) is -0.280. The van der Waals surface area contributed by atoms with Gasteiger partial charge in [0.2, 0.25) is 0 Å². The summed E-state index contributed by atoms with van der Waals surface area (Å²) in [5, 5.41) is 12.8. The molecule has 0 fully saturated rings. The zero-order chi connectivity index (χ0) is 17.1. The molecule has 0 atom stereocenters. The molecule has 0 unspecified atom stereocenters. The number of methoxy groups -OCH3 is 1. The van der Waals surface area contributed by atoms with Crippen molar-refractivity contribution in [1.29, 1.82) is 0 Å². The van der Waals surface area contributed by atoms with Crippen LogP contribution in [0.5, 0.6) is 5.75 Å². The van der Waals surface area contributed by atoms with E-state index in [1.807, 2.05) is 0 Å². The lowest BCUT2D eigenvalue weighted by Gasteiger charge is -2.15. The quantitative estimate of drug-likeness (QED) is 0.888. The summed E-state index contributed by atoms with van der Waals surface area (Å²) >= 11 is 0. The number of benzene rings is 1. The van der Waals surface area contributed by atoms with Crippen LogP contribution in [0.25, 0.3) is 5.69 Å². The number of rotatable bonds is 4. The predicted molar refractivity (Wildman–Crippen MR) is 81.4 cm³/mol. The molecule has 120 valence electrons. The average Bonchev–Trinajstić information content (AvgIpc) is 2.53. The summed E-state index contributed by atoms with van der Waals surface area (Å²) in [5.74, 6) is -1.22. The third-order valence-electron chi connectivity index (χ3n) is 3.08. The lowest BCUT2D eigenvalue weighted by molar-refractivity contribution is 0.0687. The van der Waals surface area contributed by atoms with Crippen LogP contribution in [0.2, 0.25) is 0 Å². The van der Waals surface area contributed by atoms with E-state index in [2.05, 4.69) is 5.10 Å². The Morgan fingerprint density at radius 3 is 2.48 bits per heavy atom. The Bertz CT molecular complexity index is 826. The molecule has 23 heavy (non-hydrogen) atoms. The Morgan fingerprint density at radius 1 is 1.22 bits per heavy atom. The highest BCUT2D eigenvalue weighted by Crippen LogP contribution is 2.22. The molecule has 0 radical (unpaired) electrons. The summed E-state index contributed by atoms with van der Waals surface area (Å²) in [6.07, 6.45) is 0. The van der Waals surface area contributed by atoms with Gasteiger partial charge in [0.05, 0.1) is 18.4 Å². The number of carbonyl (C=O) groups is 2. The van der Waals surface area contributed by atoms with Crippen LogP contribution in [0.3, 0.4) is 0 Å². The monoisotopic (exact) mass is 317 g/mol. The molecular formula is C15H15N3O5. The second kappa shape index (κ2) is 6.30. The van der Waals surface area contributed by atoms with E-state index in [4.69, 9.17) is 9.84 Å². The number of ether oxygens (including phenoxy) is 1. The maximum atomic E-state index is 12.2. The minimum Gasteiger partial charge on any atom is -0.496 e. The maximum Gasteiger partial charge on any atom is 0.356 e. The summed E-state index contributed by atoms with van der Waals surface area (Å²) in [6.45, 7) is 0. The van der Waals surface area contributed by atoms with Crippen molar-refractivity contribution in [3.63, 3.8) is 0 Å². The largest absolute Gasteiger partial charge is 0.496 e. The molecule has 1 heterocycles. The molecule has 0 saturated carbocycles. The first-order valence-electron chi connectivity index (χ1n) is 6.59. The molecule has 0 aliphatic carbocycles. The predicted octanol–water partition coefficient (Wildman–Crippen LogP) is 0.641. The first-order chi connectivity index (χ1) is 10.8. The molecular weight excluding hydrogens is 302 g/mol. The molecule has 0 bridgehead atoms. The number of hydrogen-bond acceptors (Lipinski definition) is 5. The normalized spacial score (nSPS) is 10.2. The fourth-order valence-electron chi connectivity index (χ4n) is 1.95. The van der Waals surface area contributed by atoms with Gasteiger partial charge in [-0.25, -0.2) is 4.79 Å². The van der Waals surface area contributed by atoms with Gasteiger partial charge in [-0.3, -0.25) is 9.59 Å². The second-order valence-electron chi connectivity index (χ2n) is 4.86. The summed E-state index contributed by atoms with van der Waals surface area (Å²) in [4.78, 5) is 36.5. The van der Waals surface area contributed by atoms with Gasteiger partial charge in [-0.15, -0.1) is 0 Å². The van der Waals surface area contributed by atoms with E-state index in [1.165, 1.54) is 30.2 Å². The topological polar surface area (TPSA) is 102 Å². The van der Waals surface area contributed by atoms with Crippen LogP contribution in [0.1, 0.15) is 20.8 Å². The van der Waals surface area contributed by atoms with Gasteiger partial charge < -0.3 is 14.7 Å². The smallest absolute Gasteiger partial charge is 0.356 e. The van der Waals surface area contributed by atoms with Crippen LogP contribution < -0.4 is 10.3 Å². The van der Waals surface area contributed by atoms with Crippen molar-refractivity contribution in [2.75, 3.05) is 21.2 Å². The van der Waals surface area contributed by atoms with Crippen LogP contribution in [0.15, 0.2) is 35.1 Å². The van der Waals surface area contributed by atoms with Gasteiger partial charge in [-0.05, 0) is 24.3 Å². The van der Waals surface area contributed by atoms with Crippen molar-refractivity contribution in [1.82, 2.24) is 14.7 Å². The fourth-order valence-corrected chi connectivity index (χ4v) is 1.95. The molecule has 2 aromatic rings. The van der Waals surface area contributed by atoms with Crippen LogP contribution >= 0.6 is 0 Å². The third-order valence-corrected chi connectivity index (χ3v) is 3.08. The molecule has 1 aromatic heterocycles. The second-order valence-corrected chi connectivity index (χ2v) is 4.86. The first-order valence-corrected chi connectivity index (χ1v) is 6.59. The zero-order valence-corrected chi connectivity index (χ0v) is 12.8. The number of hydrogen-bond donors (Lipinski definition) is 1. The lowest BCUT2D eigenvalue weighted by atomic mass is 10.1. The molecule has 8 nitrogen and oxygen atoms in total. The Balaban J connectivity index is 2.64. The van der Waals surface area contributed by atoms with E-state index in [1.54, 1.807) is 14.1 Å². The molecule has 1 amide bonds. The number of aromatic nitrogens is 2. The van der Waals surface area contributed by atoms with Gasteiger partial charge in [-0.2, -0.15) is 9.78 Å². The first kappa shape index (κ1) is 16.2. The molecule has 1 aromatic carbocycles. The van der Waals surface area contributed by atoms with Crippen LogP contribution in [0, 0.1) is 0 Å². The number of aromatic carboxylic acids is 1. The van der Waals surface area contributed by atoms with Crippen molar-refractivity contribution in [2.24, 2.45) is 0 Å². The highest BCUT2D eigenvalue weighted by molar-refractivity contribution is 5.97. The summed E-state index contributed by atoms with van der Waals surface area (Å²) in [7, 11) is 4.60. The SMILES string of the molecule is COc1ccc(-n2nc(C(=O)O)ccc2=O)cc1C(=O)N(C)C. The summed E-state index contributed by atoms with van der Waals surface area (Å²) in [6, 6.07) is 6.70. The van der Waals surface area contributed by atoms with E-state index < -0.39 is 11.5 Å². The van der Waals surface area contributed by atoms with Crippen molar-refractivity contribution >= 4 is 11.9 Å². The van der Waals surface area contributed by atoms with Crippen LogP contribution in [-0.2, 0) is 0 Å². The van der Waals surface area contributed by atoms with Gasteiger partial charge in [0, 0.05) is 20.2 Å². The number of nitrogens with zero attached hydrogens (tertiary/aromatic N) is 3. The van der Waals surface area contributed by atoms with E-state index in [9.17, 15) is 14.4 Å². The van der Waals surface area contributed by atoms with E-state index in [-0.39, 0.29) is 22.9 Å². The Kier molecular flexibility index (Phi) is 4.44. The fraction of sp³-hybridized carbons (Fsp3) is 0.200. The third kappa shape index (κ3) is 3.20. The Hall–Kier alpha value is -3.16. The van der Waals surface area contributed by atoms with Gasteiger partial charge in [0.15, 0.2) is 5.69 Å². The van der Waals surface area contributed by atoms with E-state index in [0.29, 0.717) is 5.75 Å². The molecule has 0 saturated heterocycles. The molecule has 1 N–H and O–H groups in total. The zero-order valence-electron chi connectivity index (χ0n) is 12.8. The molecule has 0 aliphatic heterocycles. The number of carboxylic acid groups (broad SMARTS) is 1. The highest BCUT2D eigenvalue weighted by Gasteiger charge is 2.17. The average molecular weight is 317 g/mol. The van der Waals surface area contributed by atoms with Crippen molar-refractivity contribution in [3.05, 3.63) is 51.9 Å². The standard InChI is InChI=1S/C15H15N3O5/c1-17(2)14(20)10-8-9(4-6-12(10)23-3)18-13(19)7-5-11(16-18)15(21)22/h4-8H,1-3H3,(H,21,22). The molecule has 0 spiro atoms. The Morgan fingerprint density at radius 2 is 1.91 bits per heavy atom. The molecule has 0 aliphatic rings. The van der Waals surface area contributed by atoms with E-state index in [0.717, 1.165) is 16.8 Å².